The third-order valence-corrected chi connectivity index (χ3v) is 3.34. The monoisotopic (exact) mass is 271 g/mol. The van der Waals surface area contributed by atoms with Crippen LogP contribution in [0.2, 0.25) is 0 Å². The van der Waals surface area contributed by atoms with Gasteiger partial charge in [0.2, 0.25) is 11.6 Å². The van der Waals surface area contributed by atoms with Gasteiger partial charge in [0.15, 0.2) is 0 Å². The van der Waals surface area contributed by atoms with Crippen molar-refractivity contribution in [3.8, 4) is 0 Å². The van der Waals surface area contributed by atoms with Crippen LogP contribution in [0, 0.1) is 10.1 Å². The van der Waals surface area contributed by atoms with Crippen LogP contribution in [0.4, 0.5) is 17.3 Å². The summed E-state index contributed by atoms with van der Waals surface area (Å²) < 4.78 is 0. The Kier molecular flexibility index (Phi) is 5.63. The molecule has 18 heavy (non-hydrogen) atoms. The van der Waals surface area contributed by atoms with E-state index in [-0.39, 0.29) is 23.4 Å². The van der Waals surface area contributed by atoms with Gasteiger partial charge in [0.25, 0.3) is 0 Å². The third kappa shape index (κ3) is 3.73. The molecule has 0 aliphatic carbocycles. The Morgan fingerprint density at radius 2 is 2.17 bits per heavy atom. The lowest BCUT2D eigenvalue weighted by atomic mass is 10.3. The minimum Gasteiger partial charge on any atom is -0.367 e. The van der Waals surface area contributed by atoms with Crippen LogP contribution in [0.5, 0.6) is 0 Å². The summed E-state index contributed by atoms with van der Waals surface area (Å²) in [5.41, 5.74) is -0.117. The fraction of sp³-hybridized carbons (Fsp3) is 0.600. The van der Waals surface area contributed by atoms with Crippen LogP contribution >= 0.6 is 11.8 Å². The van der Waals surface area contributed by atoms with Crippen molar-refractivity contribution < 1.29 is 4.92 Å². The van der Waals surface area contributed by atoms with Crippen LogP contribution in [0.1, 0.15) is 13.8 Å². The third-order valence-electron chi connectivity index (χ3n) is 2.20. The van der Waals surface area contributed by atoms with Crippen molar-refractivity contribution in [3.05, 3.63) is 16.4 Å². The maximum atomic E-state index is 11.0. The molecule has 7 nitrogen and oxygen atoms in total. The lowest BCUT2D eigenvalue weighted by Gasteiger charge is -2.14. The molecule has 1 rings (SSSR count). The first-order valence-corrected chi connectivity index (χ1v) is 6.77. The second-order valence-electron chi connectivity index (χ2n) is 3.63. The van der Waals surface area contributed by atoms with E-state index < -0.39 is 4.92 Å². The molecule has 1 aromatic heterocycles. The normalized spacial score (nSPS) is 11.9. The fourth-order valence-corrected chi connectivity index (χ4v) is 2.08. The predicted octanol–water partition coefficient (Wildman–Crippen LogP) is 1.98. The number of nitro groups is 1. The molecule has 1 atom stereocenters. The van der Waals surface area contributed by atoms with Gasteiger partial charge in [-0.2, -0.15) is 11.8 Å². The van der Waals surface area contributed by atoms with E-state index in [2.05, 4.69) is 27.5 Å². The average molecular weight is 271 g/mol. The van der Waals surface area contributed by atoms with E-state index in [0.29, 0.717) is 0 Å². The van der Waals surface area contributed by atoms with Crippen LogP contribution in [0.25, 0.3) is 0 Å². The number of hydrogen-bond donors (Lipinski definition) is 2. The molecule has 0 bridgehead atoms. The number of aromatic nitrogens is 2. The lowest BCUT2D eigenvalue weighted by molar-refractivity contribution is -0.383. The van der Waals surface area contributed by atoms with E-state index in [1.165, 1.54) is 6.33 Å². The fourth-order valence-electron chi connectivity index (χ4n) is 1.41. The second kappa shape index (κ2) is 7.00. The molecular formula is C10H17N5O2S. The molecule has 0 saturated heterocycles. The largest absolute Gasteiger partial charge is 0.367 e. The molecule has 0 aliphatic rings. The van der Waals surface area contributed by atoms with Gasteiger partial charge in [-0.15, -0.1) is 0 Å². The van der Waals surface area contributed by atoms with E-state index in [1.54, 1.807) is 18.8 Å². The van der Waals surface area contributed by atoms with Gasteiger partial charge < -0.3 is 10.6 Å². The standard InChI is InChI=1S/C10H17N5O2S/c1-4-18-5-7(2)14-10-8(15(16)17)9(11-3)12-6-13-10/h6-7H,4-5H2,1-3H3,(H2,11,12,13,14). The number of rotatable bonds is 7. The highest BCUT2D eigenvalue weighted by molar-refractivity contribution is 7.99. The Morgan fingerprint density at radius 3 is 2.72 bits per heavy atom. The summed E-state index contributed by atoms with van der Waals surface area (Å²) in [4.78, 5) is 18.3. The maximum Gasteiger partial charge on any atom is 0.353 e. The van der Waals surface area contributed by atoms with Crippen molar-refractivity contribution in [3.63, 3.8) is 0 Å². The van der Waals surface area contributed by atoms with Gasteiger partial charge in [-0.05, 0) is 12.7 Å². The van der Waals surface area contributed by atoms with Crippen molar-refractivity contribution >= 4 is 29.1 Å². The molecule has 1 heterocycles. The van der Waals surface area contributed by atoms with Crippen molar-refractivity contribution in [2.45, 2.75) is 19.9 Å². The van der Waals surface area contributed by atoms with Gasteiger partial charge in [-0.1, -0.05) is 6.92 Å². The number of anilines is 2. The maximum absolute atomic E-state index is 11.0. The molecule has 0 fully saturated rings. The number of nitrogens with zero attached hydrogens (tertiary/aromatic N) is 3. The average Bonchev–Trinajstić information content (AvgIpc) is 2.35. The zero-order valence-electron chi connectivity index (χ0n) is 10.6. The van der Waals surface area contributed by atoms with Crippen LogP contribution in [-0.2, 0) is 0 Å². The summed E-state index contributed by atoms with van der Waals surface area (Å²) in [6, 6.07) is 0.105. The minimum atomic E-state index is -0.478. The lowest BCUT2D eigenvalue weighted by Crippen LogP contribution is -2.20. The van der Waals surface area contributed by atoms with Crippen molar-refractivity contribution in [2.75, 3.05) is 29.2 Å². The van der Waals surface area contributed by atoms with E-state index in [4.69, 9.17) is 0 Å². The molecule has 2 N–H and O–H groups in total. The van der Waals surface area contributed by atoms with E-state index >= 15 is 0 Å². The summed E-state index contributed by atoms with van der Waals surface area (Å²) in [5.74, 6) is 2.35. The zero-order valence-corrected chi connectivity index (χ0v) is 11.5. The Balaban J connectivity index is 2.90. The Labute approximate surface area is 110 Å². The van der Waals surface area contributed by atoms with Gasteiger partial charge in [-0.25, -0.2) is 9.97 Å². The SMILES string of the molecule is CCSCC(C)Nc1ncnc(NC)c1[N+](=O)[O-]. The number of thioether (sulfide) groups is 1. The van der Waals surface area contributed by atoms with Crippen molar-refractivity contribution in [1.82, 2.24) is 9.97 Å². The quantitative estimate of drug-likeness (QED) is 0.578. The smallest absolute Gasteiger partial charge is 0.353 e. The van der Waals surface area contributed by atoms with Crippen LogP contribution in [0.3, 0.4) is 0 Å². The molecule has 0 radical (unpaired) electrons. The van der Waals surface area contributed by atoms with Gasteiger partial charge in [0.05, 0.1) is 4.92 Å². The molecule has 0 amide bonds. The summed E-state index contributed by atoms with van der Waals surface area (Å²) in [5, 5.41) is 16.8. The van der Waals surface area contributed by atoms with Gasteiger partial charge in [0.1, 0.15) is 6.33 Å². The number of nitrogens with one attached hydrogen (secondary N) is 2. The Bertz CT molecular complexity index is 415. The first kappa shape index (κ1) is 14.5. The summed E-state index contributed by atoms with van der Waals surface area (Å²) >= 11 is 1.77. The topological polar surface area (TPSA) is 93.0 Å². The van der Waals surface area contributed by atoms with Gasteiger partial charge in [-0.3, -0.25) is 10.1 Å². The van der Waals surface area contributed by atoms with Gasteiger partial charge >= 0.3 is 5.69 Å². The van der Waals surface area contributed by atoms with Crippen molar-refractivity contribution in [2.24, 2.45) is 0 Å². The van der Waals surface area contributed by atoms with Crippen LogP contribution in [-0.4, -0.2) is 39.5 Å². The highest BCUT2D eigenvalue weighted by Gasteiger charge is 2.22. The molecule has 0 aliphatic heterocycles. The number of hydrogen-bond acceptors (Lipinski definition) is 7. The van der Waals surface area contributed by atoms with E-state index in [9.17, 15) is 10.1 Å². The zero-order chi connectivity index (χ0) is 13.5. The molecule has 0 spiro atoms. The second-order valence-corrected chi connectivity index (χ2v) is 4.95. The first-order valence-electron chi connectivity index (χ1n) is 5.61. The summed E-state index contributed by atoms with van der Waals surface area (Å²) in [6.45, 7) is 4.04. The van der Waals surface area contributed by atoms with E-state index in [1.807, 2.05) is 6.92 Å². The molecule has 100 valence electrons. The highest BCUT2D eigenvalue weighted by Crippen LogP contribution is 2.28. The van der Waals surface area contributed by atoms with Crippen molar-refractivity contribution in [1.29, 1.82) is 0 Å². The molecule has 1 aromatic rings. The van der Waals surface area contributed by atoms with Crippen LogP contribution in [0.15, 0.2) is 6.33 Å². The van der Waals surface area contributed by atoms with E-state index in [0.717, 1.165) is 11.5 Å². The molecule has 0 saturated carbocycles. The molecule has 1 unspecified atom stereocenters. The molecular weight excluding hydrogens is 254 g/mol. The molecule has 0 aromatic carbocycles. The molecule has 8 heteroatoms. The Hall–Kier alpha value is -1.57. The highest BCUT2D eigenvalue weighted by atomic mass is 32.2. The van der Waals surface area contributed by atoms with Gasteiger partial charge in [0, 0.05) is 18.8 Å². The predicted molar refractivity (Wildman–Crippen MR) is 74.3 cm³/mol. The first-order chi connectivity index (χ1) is 8.60. The summed E-state index contributed by atoms with van der Waals surface area (Å²) in [7, 11) is 1.59. The Morgan fingerprint density at radius 1 is 1.50 bits per heavy atom. The minimum absolute atomic E-state index is 0.105. The van der Waals surface area contributed by atoms with Crippen LogP contribution < -0.4 is 10.6 Å². The summed E-state index contributed by atoms with van der Waals surface area (Å²) in [6.07, 6.45) is 1.31.